The molecule has 0 saturated carbocycles. The van der Waals surface area contributed by atoms with E-state index in [9.17, 15) is 4.79 Å². The number of amides is 2. The number of hydrogen-bond donors (Lipinski definition) is 2. The highest BCUT2D eigenvalue weighted by Gasteiger charge is 2.20. The molecule has 0 spiro atoms. The normalized spacial score (nSPS) is 14.4. The van der Waals surface area contributed by atoms with Crippen LogP contribution in [0, 0.1) is 0 Å². The molecule has 1 saturated heterocycles. The molecular weight excluding hydrogens is 256 g/mol. The van der Waals surface area contributed by atoms with Gasteiger partial charge in [-0.2, -0.15) is 0 Å². The van der Waals surface area contributed by atoms with E-state index < -0.39 is 0 Å². The van der Waals surface area contributed by atoms with Gasteiger partial charge in [-0.1, -0.05) is 5.21 Å². The van der Waals surface area contributed by atoms with Crippen molar-refractivity contribution < 1.29 is 4.79 Å². The van der Waals surface area contributed by atoms with Gasteiger partial charge >= 0.3 is 6.03 Å². The maximum Gasteiger partial charge on any atom is 0.321 e. The highest BCUT2D eigenvalue weighted by molar-refractivity contribution is 5.94. The molecule has 20 heavy (non-hydrogen) atoms. The van der Waals surface area contributed by atoms with E-state index in [2.05, 4.69) is 20.9 Å². The van der Waals surface area contributed by atoms with Gasteiger partial charge in [-0.15, -0.1) is 5.10 Å². The summed E-state index contributed by atoms with van der Waals surface area (Å²) in [5.41, 5.74) is 2.91. The molecule has 104 valence electrons. The van der Waals surface area contributed by atoms with E-state index >= 15 is 0 Å². The van der Waals surface area contributed by atoms with Gasteiger partial charge in [0.15, 0.2) is 0 Å². The second kappa shape index (κ2) is 5.20. The minimum atomic E-state index is -0.0355. The van der Waals surface area contributed by atoms with Crippen LogP contribution in [0.2, 0.25) is 0 Å². The molecule has 0 aliphatic carbocycles. The number of urea groups is 1. The lowest BCUT2D eigenvalue weighted by atomic mass is 10.2. The average Bonchev–Trinajstić information content (AvgIpc) is 3.06. The van der Waals surface area contributed by atoms with E-state index in [-0.39, 0.29) is 6.03 Å². The van der Waals surface area contributed by atoms with Crippen molar-refractivity contribution in [2.75, 3.05) is 23.3 Å². The molecule has 1 aliphatic heterocycles. The molecule has 1 fully saturated rings. The molecule has 2 N–H and O–H groups in total. The van der Waals surface area contributed by atoms with E-state index in [4.69, 9.17) is 0 Å². The number of aromatic nitrogens is 3. The fourth-order valence-electron chi connectivity index (χ4n) is 2.14. The van der Waals surface area contributed by atoms with Gasteiger partial charge in [-0.3, -0.25) is 9.58 Å². The van der Waals surface area contributed by atoms with Crippen LogP contribution in [0.15, 0.2) is 30.5 Å². The highest BCUT2D eigenvalue weighted by Crippen LogP contribution is 2.19. The van der Waals surface area contributed by atoms with Gasteiger partial charge in [0.1, 0.15) is 0 Å². The third-order valence-corrected chi connectivity index (χ3v) is 3.32. The fraction of sp³-hybridized carbons (Fsp3) is 0.308. The number of carbonyl (C=O) groups excluding carboxylic acids is 1. The first-order valence-corrected chi connectivity index (χ1v) is 6.47. The van der Waals surface area contributed by atoms with Crippen molar-refractivity contribution in [3.63, 3.8) is 0 Å². The lowest BCUT2D eigenvalue weighted by molar-refractivity contribution is 0.252. The number of benzene rings is 1. The zero-order valence-electron chi connectivity index (χ0n) is 11.2. The predicted octanol–water partition coefficient (Wildman–Crippen LogP) is 0.957. The number of anilines is 2. The summed E-state index contributed by atoms with van der Waals surface area (Å²) in [6, 6.07) is 7.77. The molecule has 0 bridgehead atoms. The lowest BCUT2D eigenvalue weighted by Crippen LogP contribution is -2.27. The molecular formula is C13H16N6O. The van der Waals surface area contributed by atoms with Gasteiger partial charge in [0, 0.05) is 31.5 Å². The maximum atomic E-state index is 11.6. The van der Waals surface area contributed by atoms with Crippen molar-refractivity contribution in [1.82, 2.24) is 20.3 Å². The van der Waals surface area contributed by atoms with Crippen LogP contribution in [-0.4, -0.2) is 34.1 Å². The molecule has 1 aromatic carbocycles. The van der Waals surface area contributed by atoms with Crippen molar-refractivity contribution in [1.29, 1.82) is 0 Å². The fourth-order valence-corrected chi connectivity index (χ4v) is 2.14. The van der Waals surface area contributed by atoms with E-state index in [0.29, 0.717) is 19.6 Å². The van der Waals surface area contributed by atoms with E-state index in [1.165, 1.54) is 0 Å². The van der Waals surface area contributed by atoms with E-state index in [1.54, 1.807) is 15.8 Å². The van der Waals surface area contributed by atoms with Crippen LogP contribution in [-0.2, 0) is 13.6 Å². The molecule has 7 nitrogen and oxygen atoms in total. The predicted molar refractivity (Wildman–Crippen MR) is 75.5 cm³/mol. The van der Waals surface area contributed by atoms with Gasteiger partial charge in [0.05, 0.1) is 18.4 Å². The standard InChI is InChI=1S/C13H16N6O/c1-18-12(9-16-17-18)8-15-10-2-4-11(5-3-10)19-7-6-14-13(19)20/h2-5,9,15H,6-8H2,1H3,(H,14,20). The molecule has 0 unspecified atom stereocenters. The van der Waals surface area contributed by atoms with Crippen molar-refractivity contribution >= 4 is 17.4 Å². The molecule has 1 aliphatic rings. The minimum absolute atomic E-state index is 0.0355. The zero-order valence-corrected chi connectivity index (χ0v) is 11.2. The van der Waals surface area contributed by atoms with Crippen LogP contribution >= 0.6 is 0 Å². The van der Waals surface area contributed by atoms with Crippen LogP contribution in [0.25, 0.3) is 0 Å². The summed E-state index contributed by atoms with van der Waals surface area (Å²) in [7, 11) is 1.86. The summed E-state index contributed by atoms with van der Waals surface area (Å²) >= 11 is 0. The van der Waals surface area contributed by atoms with E-state index in [0.717, 1.165) is 17.1 Å². The van der Waals surface area contributed by atoms with Gasteiger partial charge in [0.2, 0.25) is 0 Å². The van der Waals surface area contributed by atoms with Crippen molar-refractivity contribution in [2.24, 2.45) is 7.05 Å². The maximum absolute atomic E-state index is 11.6. The third-order valence-electron chi connectivity index (χ3n) is 3.32. The number of nitrogens with one attached hydrogen (secondary N) is 2. The number of carbonyl (C=O) groups is 1. The summed E-state index contributed by atoms with van der Waals surface area (Å²) in [6.45, 7) is 2.08. The first-order valence-electron chi connectivity index (χ1n) is 6.47. The Morgan fingerprint density at radius 2 is 2.15 bits per heavy atom. The Hall–Kier alpha value is -2.57. The molecule has 7 heteroatoms. The number of aryl methyl sites for hydroxylation is 1. The van der Waals surface area contributed by atoms with Crippen LogP contribution in [0.4, 0.5) is 16.2 Å². The quantitative estimate of drug-likeness (QED) is 0.869. The third kappa shape index (κ3) is 2.42. The second-order valence-electron chi connectivity index (χ2n) is 4.63. The summed E-state index contributed by atoms with van der Waals surface area (Å²) in [5.74, 6) is 0. The topological polar surface area (TPSA) is 75.1 Å². The molecule has 2 amide bonds. The number of nitrogens with zero attached hydrogens (tertiary/aromatic N) is 4. The van der Waals surface area contributed by atoms with Crippen LogP contribution in [0.1, 0.15) is 5.69 Å². The monoisotopic (exact) mass is 272 g/mol. The Morgan fingerprint density at radius 3 is 2.75 bits per heavy atom. The first-order chi connectivity index (χ1) is 9.74. The Kier molecular flexibility index (Phi) is 3.24. The van der Waals surface area contributed by atoms with Crippen LogP contribution < -0.4 is 15.5 Å². The van der Waals surface area contributed by atoms with E-state index in [1.807, 2.05) is 31.3 Å². The van der Waals surface area contributed by atoms with Crippen molar-refractivity contribution in [2.45, 2.75) is 6.54 Å². The Bertz CT molecular complexity index is 606. The second-order valence-corrected chi connectivity index (χ2v) is 4.63. The zero-order chi connectivity index (χ0) is 13.9. The van der Waals surface area contributed by atoms with Gasteiger partial charge in [-0.25, -0.2) is 4.79 Å². The van der Waals surface area contributed by atoms with Crippen LogP contribution in [0.5, 0.6) is 0 Å². The molecule has 2 aromatic rings. The number of hydrogen-bond acceptors (Lipinski definition) is 4. The summed E-state index contributed by atoms with van der Waals surface area (Å²) in [5, 5.41) is 13.8. The Labute approximate surface area is 116 Å². The lowest BCUT2D eigenvalue weighted by Gasteiger charge is -2.15. The molecule has 2 heterocycles. The summed E-state index contributed by atoms with van der Waals surface area (Å²) < 4.78 is 1.73. The van der Waals surface area contributed by atoms with Gasteiger partial charge < -0.3 is 10.6 Å². The van der Waals surface area contributed by atoms with Gasteiger partial charge in [0.25, 0.3) is 0 Å². The molecule has 1 aromatic heterocycles. The molecule has 3 rings (SSSR count). The molecule has 0 radical (unpaired) electrons. The Morgan fingerprint density at radius 1 is 1.35 bits per heavy atom. The summed E-state index contributed by atoms with van der Waals surface area (Å²) in [6.07, 6.45) is 1.73. The number of rotatable bonds is 4. The average molecular weight is 272 g/mol. The summed E-state index contributed by atoms with van der Waals surface area (Å²) in [4.78, 5) is 13.3. The van der Waals surface area contributed by atoms with Crippen molar-refractivity contribution in [3.05, 3.63) is 36.2 Å². The highest BCUT2D eigenvalue weighted by atomic mass is 16.2. The van der Waals surface area contributed by atoms with Crippen molar-refractivity contribution in [3.8, 4) is 0 Å². The smallest absolute Gasteiger partial charge is 0.321 e. The SMILES string of the molecule is Cn1nncc1CNc1ccc(N2CCNC2=O)cc1. The minimum Gasteiger partial charge on any atom is -0.379 e. The first kappa shape index (κ1) is 12.5. The molecule has 0 atom stereocenters. The van der Waals surface area contributed by atoms with Gasteiger partial charge in [-0.05, 0) is 24.3 Å². The Balaban J connectivity index is 1.64. The largest absolute Gasteiger partial charge is 0.379 e. The van der Waals surface area contributed by atoms with Crippen LogP contribution in [0.3, 0.4) is 0 Å².